The lowest BCUT2D eigenvalue weighted by Crippen LogP contribution is -1.85. The molecule has 4 rings (SSSR count). The molecule has 0 bridgehead atoms. The van der Waals surface area contributed by atoms with E-state index in [4.69, 9.17) is 11.6 Å². The molecule has 0 radical (unpaired) electrons. The second-order valence-corrected chi connectivity index (χ2v) is 5.62. The third-order valence-electron chi connectivity index (χ3n) is 3.19. The molecule has 4 aromatic rings. The average molecular weight is 285 g/mol. The van der Waals surface area contributed by atoms with E-state index in [0.717, 1.165) is 32.3 Å². The maximum atomic E-state index is 5.95. The minimum Gasteiger partial charge on any atom is -0.283 e. The van der Waals surface area contributed by atoms with Crippen LogP contribution >= 0.6 is 22.9 Å². The molecule has 0 fully saturated rings. The number of nitrogens with zero attached hydrogens (tertiary/aromatic N) is 2. The molecule has 2 aromatic heterocycles. The van der Waals surface area contributed by atoms with Crippen molar-refractivity contribution in [2.45, 2.75) is 0 Å². The van der Waals surface area contributed by atoms with Crippen LogP contribution in [0, 0.1) is 0 Å². The minimum atomic E-state index is 0.755. The number of rotatable bonds is 1. The molecule has 0 aliphatic heterocycles. The van der Waals surface area contributed by atoms with Crippen molar-refractivity contribution in [3.05, 3.63) is 58.9 Å². The summed E-state index contributed by atoms with van der Waals surface area (Å²) >= 11 is 7.61. The van der Waals surface area contributed by atoms with Crippen LogP contribution in [-0.2, 0) is 0 Å². The lowest BCUT2D eigenvalue weighted by atomic mass is 10.2. The van der Waals surface area contributed by atoms with Gasteiger partial charge in [-0.15, -0.1) is 11.3 Å². The van der Waals surface area contributed by atoms with Gasteiger partial charge in [0.2, 0.25) is 0 Å². The summed E-state index contributed by atoms with van der Waals surface area (Å²) in [4.78, 5) is 5.65. The van der Waals surface area contributed by atoms with E-state index in [1.54, 1.807) is 11.3 Å². The summed E-state index contributed by atoms with van der Waals surface area (Å²) in [6, 6.07) is 16.1. The summed E-state index contributed by atoms with van der Waals surface area (Å²) in [6.45, 7) is 0. The first kappa shape index (κ1) is 11.0. The van der Waals surface area contributed by atoms with E-state index in [-0.39, 0.29) is 0 Å². The maximum Gasteiger partial charge on any atom is 0.195 e. The Kier molecular flexibility index (Phi) is 2.37. The van der Waals surface area contributed by atoms with E-state index >= 15 is 0 Å². The second kappa shape index (κ2) is 4.08. The average Bonchev–Trinajstić information content (AvgIpc) is 2.98. The number of halogens is 1. The van der Waals surface area contributed by atoms with E-state index in [0.29, 0.717) is 0 Å². The highest BCUT2D eigenvalue weighted by atomic mass is 35.5. The first-order valence-electron chi connectivity index (χ1n) is 5.93. The highest BCUT2D eigenvalue weighted by molar-refractivity contribution is 7.15. The van der Waals surface area contributed by atoms with Gasteiger partial charge in [0, 0.05) is 10.4 Å². The van der Waals surface area contributed by atoms with Crippen molar-refractivity contribution in [3.63, 3.8) is 0 Å². The molecule has 0 aliphatic carbocycles. The fraction of sp³-hybridized carbons (Fsp3) is 0. The maximum absolute atomic E-state index is 5.95. The SMILES string of the molecule is Clc1ccc(-c2csc3nc4ccccc4n23)cc1. The summed E-state index contributed by atoms with van der Waals surface area (Å²) < 4.78 is 2.20. The van der Waals surface area contributed by atoms with E-state index in [1.165, 1.54) is 0 Å². The van der Waals surface area contributed by atoms with Gasteiger partial charge in [0.1, 0.15) is 0 Å². The van der Waals surface area contributed by atoms with Gasteiger partial charge in [-0.3, -0.25) is 4.40 Å². The molecule has 0 spiro atoms. The van der Waals surface area contributed by atoms with Gasteiger partial charge >= 0.3 is 0 Å². The number of benzene rings is 2. The van der Waals surface area contributed by atoms with Crippen LogP contribution in [0.5, 0.6) is 0 Å². The highest BCUT2D eigenvalue weighted by Crippen LogP contribution is 2.30. The summed E-state index contributed by atoms with van der Waals surface area (Å²) in [5, 5.41) is 2.89. The smallest absolute Gasteiger partial charge is 0.195 e. The van der Waals surface area contributed by atoms with Crippen LogP contribution in [0.15, 0.2) is 53.9 Å². The molecule has 2 heterocycles. The van der Waals surface area contributed by atoms with E-state index in [2.05, 4.69) is 20.8 Å². The molecule has 0 saturated carbocycles. The number of hydrogen-bond donors (Lipinski definition) is 0. The zero-order valence-corrected chi connectivity index (χ0v) is 11.4. The van der Waals surface area contributed by atoms with E-state index < -0.39 is 0 Å². The first-order valence-corrected chi connectivity index (χ1v) is 7.19. The van der Waals surface area contributed by atoms with Gasteiger partial charge in [-0.05, 0) is 29.8 Å². The molecule has 2 aromatic carbocycles. The van der Waals surface area contributed by atoms with Crippen molar-refractivity contribution < 1.29 is 0 Å². The lowest BCUT2D eigenvalue weighted by molar-refractivity contribution is 1.28. The molecule has 0 atom stereocenters. The third-order valence-corrected chi connectivity index (χ3v) is 4.26. The van der Waals surface area contributed by atoms with Crippen LogP contribution in [0.2, 0.25) is 5.02 Å². The summed E-state index contributed by atoms with van der Waals surface area (Å²) in [5.74, 6) is 0. The van der Waals surface area contributed by atoms with Crippen molar-refractivity contribution in [2.75, 3.05) is 0 Å². The first-order chi connectivity index (χ1) is 9.33. The van der Waals surface area contributed by atoms with Crippen molar-refractivity contribution in [2.24, 2.45) is 0 Å². The van der Waals surface area contributed by atoms with Gasteiger partial charge in [-0.2, -0.15) is 0 Å². The fourth-order valence-corrected chi connectivity index (χ4v) is 3.33. The second-order valence-electron chi connectivity index (χ2n) is 4.35. The Labute approximate surface area is 118 Å². The van der Waals surface area contributed by atoms with E-state index in [1.807, 2.05) is 42.5 Å². The Balaban J connectivity index is 2.06. The molecule has 0 N–H and O–H groups in total. The Morgan fingerprint density at radius 2 is 1.79 bits per heavy atom. The zero-order chi connectivity index (χ0) is 12.8. The quantitative estimate of drug-likeness (QED) is 0.487. The number of para-hydroxylation sites is 2. The number of imidazole rings is 1. The van der Waals surface area contributed by atoms with Crippen molar-refractivity contribution in [1.29, 1.82) is 0 Å². The van der Waals surface area contributed by atoms with Crippen molar-refractivity contribution in [3.8, 4) is 11.3 Å². The van der Waals surface area contributed by atoms with Crippen molar-refractivity contribution >= 4 is 38.9 Å². The molecule has 0 aliphatic rings. The summed E-state index contributed by atoms with van der Waals surface area (Å²) in [6.07, 6.45) is 0. The topological polar surface area (TPSA) is 17.3 Å². The van der Waals surface area contributed by atoms with Crippen LogP contribution in [0.3, 0.4) is 0 Å². The Morgan fingerprint density at radius 1 is 1.00 bits per heavy atom. The van der Waals surface area contributed by atoms with Gasteiger partial charge in [0.05, 0.1) is 16.7 Å². The van der Waals surface area contributed by atoms with Crippen molar-refractivity contribution in [1.82, 2.24) is 9.38 Å². The molecule has 92 valence electrons. The van der Waals surface area contributed by atoms with Crippen LogP contribution in [0.4, 0.5) is 0 Å². The molecule has 2 nitrogen and oxygen atoms in total. The minimum absolute atomic E-state index is 0.755. The summed E-state index contributed by atoms with van der Waals surface area (Å²) in [5.41, 5.74) is 4.48. The summed E-state index contributed by atoms with van der Waals surface area (Å²) in [7, 11) is 0. The van der Waals surface area contributed by atoms with Crippen LogP contribution in [-0.4, -0.2) is 9.38 Å². The van der Waals surface area contributed by atoms with Crippen LogP contribution in [0.1, 0.15) is 0 Å². The van der Waals surface area contributed by atoms with Gasteiger partial charge in [0.15, 0.2) is 4.96 Å². The van der Waals surface area contributed by atoms with Gasteiger partial charge in [-0.25, -0.2) is 4.98 Å². The Bertz CT molecular complexity index is 874. The van der Waals surface area contributed by atoms with E-state index in [9.17, 15) is 0 Å². The largest absolute Gasteiger partial charge is 0.283 e. The van der Waals surface area contributed by atoms with Crippen LogP contribution in [0.25, 0.3) is 27.3 Å². The number of hydrogen-bond acceptors (Lipinski definition) is 2. The lowest BCUT2D eigenvalue weighted by Gasteiger charge is -2.01. The molecule has 0 unspecified atom stereocenters. The third kappa shape index (κ3) is 1.66. The molecule has 19 heavy (non-hydrogen) atoms. The molecular formula is C15H9ClN2S. The number of fused-ring (bicyclic) bond motifs is 3. The monoisotopic (exact) mass is 284 g/mol. The molecule has 4 heteroatoms. The Hall–Kier alpha value is -1.84. The van der Waals surface area contributed by atoms with Gasteiger partial charge in [-0.1, -0.05) is 35.9 Å². The predicted octanol–water partition coefficient (Wildman–Crippen LogP) is 4.87. The zero-order valence-electron chi connectivity index (χ0n) is 9.88. The normalized spacial score (nSPS) is 11.4. The van der Waals surface area contributed by atoms with Gasteiger partial charge in [0.25, 0.3) is 0 Å². The highest BCUT2D eigenvalue weighted by Gasteiger charge is 2.11. The van der Waals surface area contributed by atoms with Gasteiger partial charge < -0.3 is 0 Å². The molecular weight excluding hydrogens is 276 g/mol. The number of thiazole rings is 1. The Morgan fingerprint density at radius 3 is 2.63 bits per heavy atom. The number of aromatic nitrogens is 2. The van der Waals surface area contributed by atoms with Crippen LogP contribution < -0.4 is 0 Å². The predicted molar refractivity (Wildman–Crippen MR) is 81.0 cm³/mol. The fourth-order valence-electron chi connectivity index (χ4n) is 2.29. The molecule has 0 saturated heterocycles. The molecule has 0 amide bonds. The standard InChI is InChI=1S/C15H9ClN2S/c16-11-7-5-10(6-8-11)14-9-19-15-17-12-3-1-2-4-13(12)18(14)15/h1-9H.